The Morgan fingerprint density at radius 1 is 1.38 bits per heavy atom. The van der Waals surface area contributed by atoms with Crippen LogP contribution in [0.25, 0.3) is 4.96 Å². The molecule has 124 valence electrons. The summed E-state index contributed by atoms with van der Waals surface area (Å²) < 4.78 is 13.1. The van der Waals surface area contributed by atoms with Crippen LogP contribution < -0.4 is 14.8 Å². The van der Waals surface area contributed by atoms with Crippen molar-refractivity contribution in [3.8, 4) is 11.5 Å². The lowest BCUT2D eigenvalue weighted by Crippen LogP contribution is -2.43. The molecule has 1 atom stereocenters. The van der Waals surface area contributed by atoms with E-state index < -0.39 is 6.10 Å². The van der Waals surface area contributed by atoms with E-state index in [1.807, 2.05) is 32.0 Å². The lowest BCUT2D eigenvalue weighted by molar-refractivity contribution is -0.130. The number of imidazole rings is 1. The molecule has 1 amide bonds. The normalized spacial score (nSPS) is 16.3. The predicted octanol–water partition coefficient (Wildman–Crippen LogP) is 1.86. The third-order valence-corrected chi connectivity index (χ3v) is 4.65. The molecular weight excluding hydrogens is 328 g/mol. The predicted molar refractivity (Wildman–Crippen MR) is 88.5 cm³/mol. The first-order valence-electron chi connectivity index (χ1n) is 7.59. The molecule has 0 spiro atoms. The summed E-state index contributed by atoms with van der Waals surface area (Å²) in [5.74, 6) is 1.03. The average Bonchev–Trinajstić information content (AvgIpc) is 3.07. The van der Waals surface area contributed by atoms with Gasteiger partial charge >= 0.3 is 0 Å². The van der Waals surface area contributed by atoms with Gasteiger partial charge < -0.3 is 14.8 Å². The van der Waals surface area contributed by atoms with E-state index in [4.69, 9.17) is 9.47 Å². The smallest absolute Gasteiger partial charge is 0.265 e. The fraction of sp³-hybridized carbons (Fsp3) is 0.312. The van der Waals surface area contributed by atoms with E-state index in [1.54, 1.807) is 10.6 Å². The van der Waals surface area contributed by atoms with Gasteiger partial charge in [-0.2, -0.15) is 5.10 Å². The van der Waals surface area contributed by atoms with Crippen LogP contribution in [0.1, 0.15) is 16.4 Å². The zero-order valence-corrected chi connectivity index (χ0v) is 14.1. The van der Waals surface area contributed by atoms with Crippen LogP contribution in [0.15, 0.2) is 24.3 Å². The van der Waals surface area contributed by atoms with Crippen LogP contribution in [-0.4, -0.2) is 33.2 Å². The van der Waals surface area contributed by atoms with Crippen molar-refractivity contribution in [1.82, 2.24) is 19.9 Å². The molecular formula is C16H16N4O3S. The highest BCUT2D eigenvalue weighted by Crippen LogP contribution is 2.30. The van der Waals surface area contributed by atoms with Crippen LogP contribution in [0.4, 0.5) is 0 Å². The Kier molecular flexibility index (Phi) is 3.61. The number of carbonyl (C=O) groups excluding carboxylic acids is 1. The number of carbonyl (C=O) groups is 1. The number of nitrogens with one attached hydrogen (secondary N) is 1. The van der Waals surface area contributed by atoms with Crippen LogP contribution in [0, 0.1) is 13.8 Å². The summed E-state index contributed by atoms with van der Waals surface area (Å²) in [4.78, 5) is 17.7. The standard InChI is InChI=1S/C16H16N4O3S/c1-9-11(20-16(18-9)24-10(2)19-20)7-17-15(21)14-8-22-12-5-3-4-6-13(12)23-14/h3-6,14H,7-8H2,1-2H3,(H,17,21)/t14-/m1/s1. The largest absolute Gasteiger partial charge is 0.485 e. The fourth-order valence-electron chi connectivity index (χ4n) is 2.62. The Bertz CT molecular complexity index is 917. The van der Waals surface area contributed by atoms with Crippen molar-refractivity contribution in [2.75, 3.05) is 6.61 Å². The van der Waals surface area contributed by atoms with Crippen LogP contribution in [0.2, 0.25) is 0 Å². The number of ether oxygens (including phenoxy) is 2. The van der Waals surface area contributed by atoms with E-state index in [0.717, 1.165) is 21.4 Å². The summed E-state index contributed by atoms with van der Waals surface area (Å²) in [6.45, 7) is 4.38. The van der Waals surface area contributed by atoms with Gasteiger partial charge in [-0.3, -0.25) is 4.79 Å². The van der Waals surface area contributed by atoms with Crippen LogP contribution in [0.5, 0.6) is 11.5 Å². The highest BCUT2D eigenvalue weighted by atomic mass is 32.1. The minimum Gasteiger partial charge on any atom is -0.485 e. The summed E-state index contributed by atoms with van der Waals surface area (Å²) in [5.41, 5.74) is 1.74. The molecule has 24 heavy (non-hydrogen) atoms. The summed E-state index contributed by atoms with van der Waals surface area (Å²) in [7, 11) is 0. The molecule has 1 aromatic carbocycles. The van der Waals surface area contributed by atoms with Gasteiger partial charge in [0, 0.05) is 0 Å². The first-order chi connectivity index (χ1) is 11.6. The monoisotopic (exact) mass is 344 g/mol. The molecule has 0 saturated heterocycles. The van der Waals surface area contributed by atoms with Gasteiger partial charge in [-0.05, 0) is 26.0 Å². The Morgan fingerprint density at radius 2 is 2.17 bits per heavy atom. The van der Waals surface area contributed by atoms with Gasteiger partial charge in [-0.1, -0.05) is 23.5 Å². The maximum atomic E-state index is 12.4. The van der Waals surface area contributed by atoms with E-state index in [1.165, 1.54) is 11.3 Å². The Morgan fingerprint density at radius 3 is 3.00 bits per heavy atom. The zero-order chi connectivity index (χ0) is 16.7. The SMILES string of the molecule is Cc1nn2c(CNC(=O)[C@H]3COc4ccccc4O3)c(C)nc2s1. The second kappa shape index (κ2) is 5.79. The zero-order valence-electron chi connectivity index (χ0n) is 13.3. The molecule has 3 heterocycles. The van der Waals surface area contributed by atoms with Gasteiger partial charge in [-0.25, -0.2) is 9.50 Å². The minimum absolute atomic E-state index is 0.194. The summed E-state index contributed by atoms with van der Waals surface area (Å²) in [5, 5.41) is 8.24. The highest BCUT2D eigenvalue weighted by molar-refractivity contribution is 7.16. The maximum absolute atomic E-state index is 12.4. The van der Waals surface area contributed by atoms with Crippen molar-refractivity contribution >= 4 is 22.2 Å². The molecule has 8 heteroatoms. The fourth-order valence-corrected chi connectivity index (χ4v) is 3.43. The molecule has 0 fully saturated rings. The van der Waals surface area contributed by atoms with E-state index in [-0.39, 0.29) is 12.5 Å². The molecule has 1 aliphatic rings. The Labute approximate surface area is 142 Å². The molecule has 2 aromatic heterocycles. The molecule has 0 saturated carbocycles. The number of aryl methyl sites for hydroxylation is 2. The molecule has 0 bridgehead atoms. The number of fused-ring (bicyclic) bond motifs is 2. The van der Waals surface area contributed by atoms with Gasteiger partial charge in [0.05, 0.1) is 17.9 Å². The number of aromatic nitrogens is 3. The number of hydrogen-bond acceptors (Lipinski definition) is 6. The molecule has 0 unspecified atom stereocenters. The second-order valence-electron chi connectivity index (χ2n) is 5.54. The molecule has 7 nitrogen and oxygen atoms in total. The summed E-state index contributed by atoms with van der Waals surface area (Å²) >= 11 is 1.53. The van der Waals surface area contributed by atoms with Gasteiger partial charge in [0.2, 0.25) is 11.1 Å². The van der Waals surface area contributed by atoms with Crippen molar-refractivity contribution < 1.29 is 14.3 Å². The molecule has 3 aromatic rings. The molecule has 0 radical (unpaired) electrons. The van der Waals surface area contributed by atoms with Crippen molar-refractivity contribution in [2.24, 2.45) is 0 Å². The quantitative estimate of drug-likeness (QED) is 0.785. The average molecular weight is 344 g/mol. The molecule has 1 aliphatic heterocycles. The van der Waals surface area contributed by atoms with Crippen molar-refractivity contribution in [1.29, 1.82) is 0 Å². The number of amides is 1. The third-order valence-electron chi connectivity index (χ3n) is 3.83. The van der Waals surface area contributed by atoms with Crippen LogP contribution in [0.3, 0.4) is 0 Å². The number of rotatable bonds is 3. The first-order valence-corrected chi connectivity index (χ1v) is 8.41. The van der Waals surface area contributed by atoms with Crippen LogP contribution in [-0.2, 0) is 11.3 Å². The van der Waals surface area contributed by atoms with Gasteiger partial charge in [-0.15, -0.1) is 0 Å². The topological polar surface area (TPSA) is 77.8 Å². The van der Waals surface area contributed by atoms with Gasteiger partial charge in [0.25, 0.3) is 5.91 Å². The molecule has 4 rings (SSSR count). The third kappa shape index (κ3) is 2.58. The Hall–Kier alpha value is -2.61. The number of para-hydroxylation sites is 2. The van der Waals surface area contributed by atoms with Crippen molar-refractivity contribution in [3.05, 3.63) is 40.7 Å². The second-order valence-corrected chi connectivity index (χ2v) is 6.70. The van der Waals surface area contributed by atoms with E-state index in [2.05, 4.69) is 15.4 Å². The summed E-state index contributed by atoms with van der Waals surface area (Å²) in [6, 6.07) is 7.32. The maximum Gasteiger partial charge on any atom is 0.265 e. The van der Waals surface area contributed by atoms with Gasteiger partial charge in [0.1, 0.15) is 11.6 Å². The van der Waals surface area contributed by atoms with E-state index >= 15 is 0 Å². The molecule has 1 N–H and O–H groups in total. The van der Waals surface area contributed by atoms with E-state index in [9.17, 15) is 4.79 Å². The first kappa shape index (κ1) is 14.9. The van der Waals surface area contributed by atoms with Crippen molar-refractivity contribution in [2.45, 2.75) is 26.5 Å². The Balaban J connectivity index is 1.46. The van der Waals surface area contributed by atoms with Crippen LogP contribution >= 0.6 is 11.3 Å². The number of hydrogen-bond donors (Lipinski definition) is 1. The lowest BCUT2D eigenvalue weighted by atomic mass is 10.2. The summed E-state index contributed by atoms with van der Waals surface area (Å²) in [6.07, 6.45) is -0.666. The number of benzene rings is 1. The van der Waals surface area contributed by atoms with Gasteiger partial charge in [0.15, 0.2) is 11.5 Å². The number of nitrogens with zero attached hydrogens (tertiary/aromatic N) is 3. The lowest BCUT2D eigenvalue weighted by Gasteiger charge is -2.25. The highest BCUT2D eigenvalue weighted by Gasteiger charge is 2.27. The molecule has 0 aliphatic carbocycles. The minimum atomic E-state index is -0.666. The van der Waals surface area contributed by atoms with Crippen molar-refractivity contribution in [3.63, 3.8) is 0 Å². The van der Waals surface area contributed by atoms with E-state index in [0.29, 0.717) is 18.0 Å².